The second kappa shape index (κ2) is 5.50. The fourth-order valence-electron chi connectivity index (χ4n) is 3.71. The molecule has 0 aromatic carbocycles. The molecule has 0 aromatic rings. The zero-order chi connectivity index (χ0) is 12.5. The van der Waals surface area contributed by atoms with Crippen LogP contribution in [-0.4, -0.2) is 30.1 Å². The third kappa shape index (κ3) is 3.27. The van der Waals surface area contributed by atoms with Crippen LogP contribution in [0.2, 0.25) is 0 Å². The Balaban J connectivity index is 1.54. The summed E-state index contributed by atoms with van der Waals surface area (Å²) in [4.78, 5) is 2.81. The van der Waals surface area contributed by atoms with Crippen LogP contribution in [0.4, 0.5) is 0 Å². The lowest BCUT2D eigenvalue weighted by molar-refractivity contribution is 0.145. The first kappa shape index (κ1) is 12.9. The molecule has 0 aromatic heterocycles. The van der Waals surface area contributed by atoms with Gasteiger partial charge in [0, 0.05) is 25.2 Å². The summed E-state index contributed by atoms with van der Waals surface area (Å²) in [5, 5.41) is 0. The van der Waals surface area contributed by atoms with Crippen molar-refractivity contribution >= 4 is 0 Å². The molecule has 0 spiro atoms. The number of hydrogen-bond acceptors (Lipinski definition) is 2. The van der Waals surface area contributed by atoms with Gasteiger partial charge >= 0.3 is 0 Å². The van der Waals surface area contributed by atoms with E-state index in [1.54, 1.807) is 0 Å². The minimum atomic E-state index is 0.480. The standard InChI is InChI=1S/C16H30N2/c1-2-12-5-8-16(17)14(9-12)11-18(15-6-7-15)10-13-3-4-13/h12-16H,2-11,17H2,1H3. The van der Waals surface area contributed by atoms with E-state index < -0.39 is 0 Å². The lowest BCUT2D eigenvalue weighted by Gasteiger charge is -2.37. The molecule has 3 fully saturated rings. The highest BCUT2D eigenvalue weighted by atomic mass is 15.2. The van der Waals surface area contributed by atoms with Gasteiger partial charge in [0.15, 0.2) is 0 Å². The second-order valence-electron chi connectivity index (χ2n) is 7.14. The summed E-state index contributed by atoms with van der Waals surface area (Å²) in [5.41, 5.74) is 6.38. The monoisotopic (exact) mass is 250 g/mol. The molecular formula is C16H30N2. The van der Waals surface area contributed by atoms with E-state index in [1.165, 1.54) is 64.5 Å². The molecule has 0 saturated heterocycles. The summed E-state index contributed by atoms with van der Waals surface area (Å²) in [6, 6.07) is 1.41. The van der Waals surface area contributed by atoms with E-state index in [1.807, 2.05) is 0 Å². The highest BCUT2D eigenvalue weighted by Gasteiger charge is 2.37. The first-order chi connectivity index (χ1) is 8.76. The van der Waals surface area contributed by atoms with E-state index in [0.717, 1.165) is 23.8 Å². The molecule has 3 atom stereocenters. The van der Waals surface area contributed by atoms with Crippen LogP contribution in [0, 0.1) is 17.8 Å². The van der Waals surface area contributed by atoms with Gasteiger partial charge in [0.1, 0.15) is 0 Å². The van der Waals surface area contributed by atoms with Crippen molar-refractivity contribution in [2.45, 2.75) is 70.4 Å². The van der Waals surface area contributed by atoms with E-state index in [9.17, 15) is 0 Å². The van der Waals surface area contributed by atoms with E-state index in [0.29, 0.717) is 6.04 Å². The van der Waals surface area contributed by atoms with Gasteiger partial charge in [-0.1, -0.05) is 13.3 Å². The average Bonchev–Trinajstić information content (AvgIpc) is 3.24. The largest absolute Gasteiger partial charge is 0.327 e. The van der Waals surface area contributed by atoms with Gasteiger partial charge in [0.25, 0.3) is 0 Å². The predicted octanol–water partition coefficient (Wildman–Crippen LogP) is 3.01. The number of hydrogen-bond donors (Lipinski definition) is 1. The van der Waals surface area contributed by atoms with Crippen molar-refractivity contribution in [1.29, 1.82) is 0 Å². The van der Waals surface area contributed by atoms with Crippen molar-refractivity contribution in [3.63, 3.8) is 0 Å². The van der Waals surface area contributed by atoms with Crippen molar-refractivity contribution in [3.8, 4) is 0 Å². The molecule has 3 aliphatic carbocycles. The van der Waals surface area contributed by atoms with Gasteiger partial charge < -0.3 is 5.73 Å². The molecule has 18 heavy (non-hydrogen) atoms. The number of nitrogens with two attached hydrogens (primary N) is 1. The predicted molar refractivity (Wildman–Crippen MR) is 76.4 cm³/mol. The van der Waals surface area contributed by atoms with Gasteiger partial charge in [-0.15, -0.1) is 0 Å². The maximum Gasteiger partial charge on any atom is 0.00966 e. The highest BCUT2D eigenvalue weighted by Crippen LogP contribution is 2.37. The molecule has 104 valence electrons. The molecule has 3 saturated carbocycles. The molecule has 2 heteroatoms. The Morgan fingerprint density at radius 1 is 0.944 bits per heavy atom. The minimum Gasteiger partial charge on any atom is -0.327 e. The van der Waals surface area contributed by atoms with Crippen molar-refractivity contribution in [2.24, 2.45) is 23.5 Å². The minimum absolute atomic E-state index is 0.480. The second-order valence-corrected chi connectivity index (χ2v) is 7.14. The Hall–Kier alpha value is -0.0800. The average molecular weight is 250 g/mol. The van der Waals surface area contributed by atoms with Crippen molar-refractivity contribution in [1.82, 2.24) is 4.90 Å². The topological polar surface area (TPSA) is 29.3 Å². The van der Waals surface area contributed by atoms with Gasteiger partial charge in [-0.05, 0) is 62.7 Å². The van der Waals surface area contributed by atoms with E-state index in [4.69, 9.17) is 5.73 Å². The molecule has 2 N–H and O–H groups in total. The Bertz CT molecular complexity index is 270. The van der Waals surface area contributed by atoms with Gasteiger partial charge in [-0.25, -0.2) is 0 Å². The van der Waals surface area contributed by atoms with Crippen LogP contribution in [0.1, 0.15) is 58.3 Å². The van der Waals surface area contributed by atoms with E-state index in [-0.39, 0.29) is 0 Å². The van der Waals surface area contributed by atoms with Crippen LogP contribution in [0.3, 0.4) is 0 Å². The number of nitrogens with zero attached hydrogens (tertiary/aromatic N) is 1. The van der Waals surface area contributed by atoms with Gasteiger partial charge in [0.2, 0.25) is 0 Å². The number of rotatable bonds is 6. The molecule has 0 radical (unpaired) electrons. The summed E-state index contributed by atoms with van der Waals surface area (Å²) in [7, 11) is 0. The molecule has 0 aliphatic heterocycles. The molecule has 0 bridgehead atoms. The summed E-state index contributed by atoms with van der Waals surface area (Å²) in [6.45, 7) is 5.03. The zero-order valence-electron chi connectivity index (χ0n) is 12.0. The van der Waals surface area contributed by atoms with E-state index >= 15 is 0 Å². The summed E-state index contributed by atoms with van der Waals surface area (Å²) in [5.74, 6) is 2.77. The normalized spacial score (nSPS) is 37.2. The first-order valence-electron chi connectivity index (χ1n) is 8.26. The Morgan fingerprint density at radius 2 is 1.67 bits per heavy atom. The Labute approximate surface area is 112 Å². The lowest BCUT2D eigenvalue weighted by Crippen LogP contribution is -2.44. The molecule has 3 aliphatic rings. The van der Waals surface area contributed by atoms with Gasteiger partial charge in [-0.3, -0.25) is 4.90 Å². The van der Waals surface area contributed by atoms with Gasteiger partial charge in [-0.2, -0.15) is 0 Å². The van der Waals surface area contributed by atoms with Crippen LogP contribution < -0.4 is 5.73 Å². The van der Waals surface area contributed by atoms with Crippen molar-refractivity contribution in [3.05, 3.63) is 0 Å². The fraction of sp³-hybridized carbons (Fsp3) is 1.00. The van der Waals surface area contributed by atoms with Crippen LogP contribution in [0.5, 0.6) is 0 Å². The molecule has 0 amide bonds. The highest BCUT2D eigenvalue weighted by molar-refractivity contribution is 4.92. The fourth-order valence-corrected chi connectivity index (χ4v) is 3.71. The third-order valence-corrected chi connectivity index (χ3v) is 5.45. The summed E-state index contributed by atoms with van der Waals surface area (Å²) >= 11 is 0. The maximum atomic E-state index is 6.38. The van der Waals surface area contributed by atoms with Gasteiger partial charge in [0.05, 0.1) is 0 Å². The lowest BCUT2D eigenvalue weighted by atomic mass is 9.77. The Kier molecular flexibility index (Phi) is 3.95. The van der Waals surface area contributed by atoms with Crippen molar-refractivity contribution in [2.75, 3.05) is 13.1 Å². The molecule has 3 unspecified atom stereocenters. The smallest absolute Gasteiger partial charge is 0.00966 e. The molecule has 0 heterocycles. The maximum absolute atomic E-state index is 6.38. The Morgan fingerprint density at radius 3 is 2.28 bits per heavy atom. The van der Waals surface area contributed by atoms with Crippen molar-refractivity contribution < 1.29 is 0 Å². The van der Waals surface area contributed by atoms with Crippen LogP contribution in [-0.2, 0) is 0 Å². The third-order valence-electron chi connectivity index (χ3n) is 5.45. The van der Waals surface area contributed by atoms with E-state index in [2.05, 4.69) is 11.8 Å². The molecule has 3 rings (SSSR count). The SMILES string of the molecule is CCC1CCC(N)C(CN(CC2CC2)C2CC2)C1. The van der Waals surface area contributed by atoms with Crippen LogP contribution in [0.25, 0.3) is 0 Å². The molecule has 2 nitrogen and oxygen atoms in total. The van der Waals surface area contributed by atoms with Crippen LogP contribution >= 0.6 is 0 Å². The zero-order valence-corrected chi connectivity index (χ0v) is 12.0. The first-order valence-corrected chi connectivity index (χ1v) is 8.26. The summed E-state index contributed by atoms with van der Waals surface area (Å²) in [6.07, 6.45) is 11.3. The van der Waals surface area contributed by atoms with Crippen LogP contribution in [0.15, 0.2) is 0 Å². The molecular weight excluding hydrogens is 220 g/mol. The quantitative estimate of drug-likeness (QED) is 0.785. The summed E-state index contributed by atoms with van der Waals surface area (Å²) < 4.78 is 0.